The van der Waals surface area contributed by atoms with Crippen LogP contribution in [0.2, 0.25) is 0 Å². The molecule has 2 heterocycles. The molecule has 1 aromatic heterocycles. The first-order valence-corrected chi connectivity index (χ1v) is 9.47. The number of H-pyrrole nitrogens is 1. The SMILES string of the molecule is Cc1cc2cc(NS(=O)(=O)c3ccc4c(c3)OCCO4)ccc2[nH]c1=O. The number of hydrogen-bond acceptors (Lipinski definition) is 5. The van der Waals surface area contributed by atoms with Crippen molar-refractivity contribution < 1.29 is 17.9 Å². The van der Waals surface area contributed by atoms with Crippen molar-refractivity contribution in [2.75, 3.05) is 17.9 Å². The number of anilines is 1. The predicted molar refractivity (Wildman–Crippen MR) is 97.5 cm³/mol. The topological polar surface area (TPSA) is 97.5 Å². The van der Waals surface area contributed by atoms with Crippen molar-refractivity contribution in [3.63, 3.8) is 0 Å². The van der Waals surface area contributed by atoms with E-state index in [1.807, 2.05) is 0 Å². The Kier molecular flexibility index (Phi) is 3.84. The van der Waals surface area contributed by atoms with Gasteiger partial charge in [-0.3, -0.25) is 9.52 Å². The molecule has 2 aromatic carbocycles. The van der Waals surface area contributed by atoms with Crippen LogP contribution in [0.4, 0.5) is 5.69 Å². The van der Waals surface area contributed by atoms with Crippen LogP contribution in [0.5, 0.6) is 11.5 Å². The number of rotatable bonds is 3. The van der Waals surface area contributed by atoms with E-state index in [4.69, 9.17) is 9.47 Å². The summed E-state index contributed by atoms with van der Waals surface area (Å²) in [7, 11) is -3.79. The lowest BCUT2D eigenvalue weighted by Crippen LogP contribution is -2.17. The number of pyridine rings is 1. The summed E-state index contributed by atoms with van der Waals surface area (Å²) >= 11 is 0. The summed E-state index contributed by atoms with van der Waals surface area (Å²) in [5.74, 6) is 0.936. The zero-order chi connectivity index (χ0) is 18.3. The minimum absolute atomic E-state index is 0.0829. The van der Waals surface area contributed by atoms with E-state index in [0.717, 1.165) is 5.39 Å². The first-order valence-electron chi connectivity index (χ1n) is 7.98. The summed E-state index contributed by atoms with van der Waals surface area (Å²) in [5, 5.41) is 0.740. The van der Waals surface area contributed by atoms with Crippen molar-refractivity contribution in [1.82, 2.24) is 4.98 Å². The number of fused-ring (bicyclic) bond motifs is 2. The van der Waals surface area contributed by atoms with Crippen LogP contribution >= 0.6 is 0 Å². The second kappa shape index (κ2) is 6.06. The number of aryl methyl sites for hydroxylation is 1. The molecule has 8 heteroatoms. The fourth-order valence-electron chi connectivity index (χ4n) is 2.78. The highest BCUT2D eigenvalue weighted by atomic mass is 32.2. The highest BCUT2D eigenvalue weighted by molar-refractivity contribution is 7.92. The maximum Gasteiger partial charge on any atom is 0.262 e. The summed E-state index contributed by atoms with van der Waals surface area (Å²) in [6.45, 7) is 2.52. The average Bonchev–Trinajstić information content (AvgIpc) is 2.62. The molecule has 0 unspecified atom stereocenters. The molecule has 134 valence electrons. The minimum Gasteiger partial charge on any atom is -0.486 e. The lowest BCUT2D eigenvalue weighted by atomic mass is 10.1. The van der Waals surface area contributed by atoms with Gasteiger partial charge in [-0.2, -0.15) is 0 Å². The lowest BCUT2D eigenvalue weighted by molar-refractivity contribution is 0.171. The molecule has 0 bridgehead atoms. The van der Waals surface area contributed by atoms with E-state index in [2.05, 4.69) is 9.71 Å². The molecule has 0 fully saturated rings. The Balaban J connectivity index is 1.68. The van der Waals surface area contributed by atoms with Gasteiger partial charge in [-0.05, 0) is 43.3 Å². The maximum absolute atomic E-state index is 12.7. The number of aromatic amines is 1. The number of hydrogen-bond donors (Lipinski definition) is 2. The van der Waals surface area contributed by atoms with Gasteiger partial charge >= 0.3 is 0 Å². The molecule has 0 radical (unpaired) electrons. The lowest BCUT2D eigenvalue weighted by Gasteiger charge is -2.19. The molecule has 1 aliphatic heterocycles. The summed E-state index contributed by atoms with van der Waals surface area (Å²) in [5.41, 5.74) is 1.44. The molecule has 0 saturated carbocycles. The fraction of sp³-hybridized carbons (Fsp3) is 0.167. The first-order chi connectivity index (χ1) is 12.4. The third-order valence-corrected chi connectivity index (χ3v) is 5.49. The van der Waals surface area contributed by atoms with Gasteiger partial charge in [0.25, 0.3) is 15.6 Å². The number of sulfonamides is 1. The highest BCUT2D eigenvalue weighted by Crippen LogP contribution is 2.32. The van der Waals surface area contributed by atoms with Crippen molar-refractivity contribution in [2.24, 2.45) is 0 Å². The van der Waals surface area contributed by atoms with Crippen LogP contribution in [-0.2, 0) is 10.0 Å². The summed E-state index contributed by atoms with van der Waals surface area (Å²) < 4.78 is 38.8. The van der Waals surface area contributed by atoms with Crippen LogP contribution < -0.4 is 19.8 Å². The average molecular weight is 372 g/mol. The van der Waals surface area contributed by atoms with Gasteiger partial charge in [-0.1, -0.05) is 0 Å². The molecule has 4 rings (SSSR count). The second-order valence-corrected chi connectivity index (χ2v) is 7.68. The summed E-state index contributed by atoms with van der Waals surface area (Å²) in [6, 6.07) is 11.2. The van der Waals surface area contributed by atoms with Crippen LogP contribution in [0, 0.1) is 6.92 Å². The molecular formula is C18H16N2O5S. The van der Waals surface area contributed by atoms with Gasteiger partial charge in [-0.15, -0.1) is 0 Å². The molecule has 1 aliphatic rings. The van der Waals surface area contributed by atoms with Gasteiger partial charge in [0.1, 0.15) is 13.2 Å². The van der Waals surface area contributed by atoms with Gasteiger partial charge < -0.3 is 14.5 Å². The monoisotopic (exact) mass is 372 g/mol. The Bertz CT molecular complexity index is 1170. The van der Waals surface area contributed by atoms with Crippen molar-refractivity contribution in [2.45, 2.75) is 11.8 Å². The maximum atomic E-state index is 12.7. The molecule has 3 aromatic rings. The molecule has 0 atom stereocenters. The normalized spacial score (nSPS) is 13.6. The molecule has 0 aliphatic carbocycles. The zero-order valence-electron chi connectivity index (χ0n) is 13.9. The Morgan fingerprint density at radius 2 is 1.77 bits per heavy atom. The van der Waals surface area contributed by atoms with Crippen LogP contribution in [0.3, 0.4) is 0 Å². The van der Waals surface area contributed by atoms with E-state index in [-0.39, 0.29) is 10.5 Å². The third-order valence-electron chi connectivity index (χ3n) is 4.11. The third kappa shape index (κ3) is 2.99. The molecule has 0 saturated heterocycles. The fourth-order valence-corrected chi connectivity index (χ4v) is 3.85. The van der Waals surface area contributed by atoms with Crippen LogP contribution in [0.15, 0.2) is 52.2 Å². The highest BCUT2D eigenvalue weighted by Gasteiger charge is 2.19. The van der Waals surface area contributed by atoms with Crippen molar-refractivity contribution in [3.05, 3.63) is 58.4 Å². The summed E-state index contributed by atoms with van der Waals surface area (Å²) in [4.78, 5) is 14.5. The predicted octanol–water partition coefficient (Wildman–Crippen LogP) is 2.41. The molecule has 0 spiro atoms. The van der Waals surface area contributed by atoms with Gasteiger partial charge in [0.05, 0.1) is 4.90 Å². The Labute approximate surface area is 149 Å². The van der Waals surface area contributed by atoms with Crippen molar-refractivity contribution in [3.8, 4) is 11.5 Å². The molecule has 7 nitrogen and oxygen atoms in total. The number of ether oxygens (including phenoxy) is 2. The minimum atomic E-state index is -3.79. The first kappa shape index (κ1) is 16.5. The van der Waals surface area contributed by atoms with E-state index < -0.39 is 10.0 Å². The Morgan fingerprint density at radius 3 is 2.58 bits per heavy atom. The van der Waals surface area contributed by atoms with E-state index in [1.54, 1.807) is 37.3 Å². The van der Waals surface area contributed by atoms with Gasteiger partial charge in [-0.25, -0.2) is 8.42 Å². The van der Waals surface area contributed by atoms with Gasteiger partial charge in [0.2, 0.25) is 0 Å². The Morgan fingerprint density at radius 1 is 1.00 bits per heavy atom. The van der Waals surface area contributed by atoms with Gasteiger partial charge in [0, 0.05) is 28.2 Å². The van der Waals surface area contributed by atoms with Crippen LogP contribution in [0.25, 0.3) is 10.9 Å². The molecule has 26 heavy (non-hydrogen) atoms. The number of nitrogens with one attached hydrogen (secondary N) is 2. The smallest absolute Gasteiger partial charge is 0.262 e. The largest absolute Gasteiger partial charge is 0.486 e. The van der Waals surface area contributed by atoms with Crippen LogP contribution in [0.1, 0.15) is 5.56 Å². The van der Waals surface area contributed by atoms with Crippen molar-refractivity contribution >= 4 is 26.6 Å². The van der Waals surface area contributed by atoms with Crippen molar-refractivity contribution in [1.29, 1.82) is 0 Å². The zero-order valence-corrected chi connectivity index (χ0v) is 14.7. The van der Waals surface area contributed by atoms with Gasteiger partial charge in [0.15, 0.2) is 11.5 Å². The van der Waals surface area contributed by atoms with E-state index in [1.165, 1.54) is 12.1 Å². The van der Waals surface area contributed by atoms with E-state index >= 15 is 0 Å². The molecule has 0 amide bonds. The quantitative estimate of drug-likeness (QED) is 0.736. The molecular weight excluding hydrogens is 356 g/mol. The standard InChI is InChI=1S/C18H16N2O5S/c1-11-8-12-9-13(2-4-15(12)19-18(11)21)20-26(22,23)14-3-5-16-17(10-14)25-7-6-24-16/h2-5,8-10,20H,6-7H2,1H3,(H,19,21). The number of aromatic nitrogens is 1. The summed E-state index contributed by atoms with van der Waals surface area (Å²) in [6.07, 6.45) is 0. The molecule has 2 N–H and O–H groups in total. The van der Waals surface area contributed by atoms with Crippen LogP contribution in [-0.4, -0.2) is 26.6 Å². The Hall–Kier alpha value is -3.00. The number of benzene rings is 2. The van der Waals surface area contributed by atoms with E-state index in [0.29, 0.717) is 41.5 Å². The second-order valence-electron chi connectivity index (χ2n) is 5.99. The van der Waals surface area contributed by atoms with E-state index in [9.17, 15) is 13.2 Å².